The standard InChI is InChI=1S/C12H19N3O2/c1-12(2,3)17-11(16)15(4)10-7-5-6-9(8-13)14-10/h5-7H,8,13H2,1-4H3. The second kappa shape index (κ2) is 5.14. The van der Waals surface area contributed by atoms with Crippen molar-refractivity contribution in [2.75, 3.05) is 11.9 Å². The van der Waals surface area contributed by atoms with Crippen LogP contribution in [0.4, 0.5) is 10.6 Å². The average molecular weight is 237 g/mol. The maximum absolute atomic E-state index is 11.8. The molecule has 0 aliphatic rings. The Morgan fingerprint density at radius 3 is 2.65 bits per heavy atom. The number of ether oxygens (including phenoxy) is 1. The highest BCUT2D eigenvalue weighted by atomic mass is 16.6. The average Bonchev–Trinajstić information content (AvgIpc) is 2.26. The Bertz CT molecular complexity index is 399. The van der Waals surface area contributed by atoms with Gasteiger partial charge in [0.05, 0.1) is 5.69 Å². The number of hydrogen-bond donors (Lipinski definition) is 1. The van der Waals surface area contributed by atoms with Gasteiger partial charge in [0.1, 0.15) is 11.4 Å². The van der Waals surface area contributed by atoms with Gasteiger partial charge in [-0.3, -0.25) is 4.90 Å². The normalized spacial score (nSPS) is 11.1. The second-order valence-electron chi connectivity index (χ2n) is 4.73. The van der Waals surface area contributed by atoms with Crippen molar-refractivity contribution in [2.45, 2.75) is 32.9 Å². The van der Waals surface area contributed by atoms with E-state index in [1.165, 1.54) is 4.90 Å². The molecule has 0 saturated carbocycles. The van der Waals surface area contributed by atoms with Gasteiger partial charge in [-0.15, -0.1) is 0 Å². The molecule has 2 N–H and O–H groups in total. The summed E-state index contributed by atoms with van der Waals surface area (Å²) < 4.78 is 5.24. The molecule has 0 aromatic carbocycles. The fraction of sp³-hybridized carbons (Fsp3) is 0.500. The van der Waals surface area contributed by atoms with Crippen molar-refractivity contribution >= 4 is 11.9 Å². The third-order valence-electron chi connectivity index (χ3n) is 2.01. The molecule has 5 nitrogen and oxygen atoms in total. The van der Waals surface area contributed by atoms with E-state index in [0.29, 0.717) is 12.4 Å². The summed E-state index contributed by atoms with van der Waals surface area (Å²) in [5.41, 5.74) is 5.72. The first-order chi connectivity index (χ1) is 7.83. The number of pyridine rings is 1. The molecule has 0 aliphatic heterocycles. The molecule has 5 heteroatoms. The third kappa shape index (κ3) is 4.03. The van der Waals surface area contributed by atoms with Crippen LogP contribution in [0.3, 0.4) is 0 Å². The minimum atomic E-state index is -0.517. The summed E-state index contributed by atoms with van der Waals surface area (Å²) in [6.45, 7) is 5.81. The SMILES string of the molecule is CN(C(=O)OC(C)(C)C)c1cccc(CN)n1. The lowest BCUT2D eigenvalue weighted by atomic mass is 10.2. The van der Waals surface area contributed by atoms with Gasteiger partial charge in [0.2, 0.25) is 0 Å². The van der Waals surface area contributed by atoms with Gasteiger partial charge in [0, 0.05) is 13.6 Å². The first-order valence-corrected chi connectivity index (χ1v) is 5.46. The smallest absolute Gasteiger partial charge is 0.415 e. The quantitative estimate of drug-likeness (QED) is 0.853. The largest absolute Gasteiger partial charge is 0.443 e. The number of anilines is 1. The monoisotopic (exact) mass is 237 g/mol. The summed E-state index contributed by atoms with van der Waals surface area (Å²) in [4.78, 5) is 17.4. The van der Waals surface area contributed by atoms with Gasteiger partial charge in [-0.25, -0.2) is 9.78 Å². The maximum Gasteiger partial charge on any atom is 0.415 e. The molecule has 1 amide bonds. The van der Waals surface area contributed by atoms with E-state index >= 15 is 0 Å². The van der Waals surface area contributed by atoms with Gasteiger partial charge in [-0.05, 0) is 32.9 Å². The van der Waals surface area contributed by atoms with E-state index in [0.717, 1.165) is 5.69 Å². The molecule has 0 aliphatic carbocycles. The first-order valence-electron chi connectivity index (χ1n) is 5.46. The zero-order valence-corrected chi connectivity index (χ0v) is 10.7. The fourth-order valence-electron chi connectivity index (χ4n) is 1.19. The fourth-order valence-corrected chi connectivity index (χ4v) is 1.19. The van der Waals surface area contributed by atoms with Gasteiger partial charge in [0.15, 0.2) is 0 Å². The number of carbonyl (C=O) groups excluding carboxylic acids is 1. The lowest BCUT2D eigenvalue weighted by Gasteiger charge is -2.24. The Labute approximate surface area is 102 Å². The van der Waals surface area contributed by atoms with Gasteiger partial charge >= 0.3 is 6.09 Å². The summed E-state index contributed by atoms with van der Waals surface area (Å²) >= 11 is 0. The number of nitrogens with two attached hydrogens (primary N) is 1. The molecule has 1 aromatic heterocycles. The van der Waals surface area contributed by atoms with Crippen molar-refractivity contribution in [1.82, 2.24) is 4.98 Å². The number of amides is 1. The van der Waals surface area contributed by atoms with Gasteiger partial charge < -0.3 is 10.5 Å². The Morgan fingerprint density at radius 2 is 2.12 bits per heavy atom. The Morgan fingerprint density at radius 1 is 1.47 bits per heavy atom. The van der Waals surface area contributed by atoms with Crippen LogP contribution in [0.15, 0.2) is 18.2 Å². The lowest BCUT2D eigenvalue weighted by molar-refractivity contribution is 0.0588. The first kappa shape index (κ1) is 13.4. The lowest BCUT2D eigenvalue weighted by Crippen LogP contribution is -2.34. The zero-order chi connectivity index (χ0) is 13.1. The predicted octanol–water partition coefficient (Wildman–Crippen LogP) is 1.91. The van der Waals surface area contributed by atoms with Crippen molar-refractivity contribution < 1.29 is 9.53 Å². The van der Waals surface area contributed by atoms with Crippen LogP contribution >= 0.6 is 0 Å². The minimum absolute atomic E-state index is 0.343. The molecule has 1 aromatic rings. The molecule has 0 spiro atoms. The van der Waals surface area contributed by atoms with E-state index in [1.807, 2.05) is 32.9 Å². The van der Waals surface area contributed by atoms with E-state index in [2.05, 4.69) is 4.98 Å². The molecule has 17 heavy (non-hydrogen) atoms. The van der Waals surface area contributed by atoms with Crippen molar-refractivity contribution in [3.8, 4) is 0 Å². The highest BCUT2D eigenvalue weighted by Crippen LogP contribution is 2.14. The van der Waals surface area contributed by atoms with Crippen LogP contribution in [0.1, 0.15) is 26.5 Å². The molecule has 0 fully saturated rings. The third-order valence-corrected chi connectivity index (χ3v) is 2.01. The Kier molecular flexibility index (Phi) is 4.07. The van der Waals surface area contributed by atoms with Crippen LogP contribution in [0.5, 0.6) is 0 Å². The highest BCUT2D eigenvalue weighted by molar-refractivity contribution is 5.85. The van der Waals surface area contributed by atoms with Crippen LogP contribution < -0.4 is 10.6 Å². The Hall–Kier alpha value is -1.62. The molecule has 0 radical (unpaired) electrons. The van der Waals surface area contributed by atoms with Crippen molar-refractivity contribution in [2.24, 2.45) is 5.73 Å². The van der Waals surface area contributed by atoms with E-state index in [-0.39, 0.29) is 0 Å². The van der Waals surface area contributed by atoms with Crippen molar-refractivity contribution in [3.05, 3.63) is 23.9 Å². The molecular weight excluding hydrogens is 218 g/mol. The number of carbonyl (C=O) groups is 1. The molecule has 0 saturated heterocycles. The molecular formula is C12H19N3O2. The second-order valence-corrected chi connectivity index (χ2v) is 4.73. The van der Waals surface area contributed by atoms with Crippen LogP contribution in [0.25, 0.3) is 0 Å². The molecule has 0 unspecified atom stereocenters. The van der Waals surface area contributed by atoms with Crippen molar-refractivity contribution in [3.63, 3.8) is 0 Å². The number of nitrogens with zero attached hydrogens (tertiary/aromatic N) is 2. The summed E-state index contributed by atoms with van der Waals surface area (Å²) in [7, 11) is 1.62. The molecule has 0 bridgehead atoms. The summed E-state index contributed by atoms with van der Waals surface area (Å²) in [5, 5.41) is 0. The van der Waals surface area contributed by atoms with Gasteiger partial charge in [-0.1, -0.05) is 6.07 Å². The minimum Gasteiger partial charge on any atom is -0.443 e. The zero-order valence-electron chi connectivity index (χ0n) is 10.7. The summed E-state index contributed by atoms with van der Waals surface area (Å²) in [6.07, 6.45) is -0.431. The number of aromatic nitrogens is 1. The molecule has 1 heterocycles. The maximum atomic E-state index is 11.8. The number of rotatable bonds is 2. The van der Waals surface area contributed by atoms with Crippen LogP contribution in [0.2, 0.25) is 0 Å². The van der Waals surface area contributed by atoms with E-state index in [4.69, 9.17) is 10.5 Å². The van der Waals surface area contributed by atoms with Gasteiger partial charge in [-0.2, -0.15) is 0 Å². The van der Waals surface area contributed by atoms with Crippen LogP contribution in [-0.4, -0.2) is 23.7 Å². The van der Waals surface area contributed by atoms with Gasteiger partial charge in [0.25, 0.3) is 0 Å². The summed E-state index contributed by atoms with van der Waals surface area (Å²) in [5.74, 6) is 0.530. The van der Waals surface area contributed by atoms with E-state index in [1.54, 1.807) is 13.1 Å². The Balaban J connectivity index is 2.81. The van der Waals surface area contributed by atoms with Crippen LogP contribution in [0, 0.1) is 0 Å². The van der Waals surface area contributed by atoms with Crippen molar-refractivity contribution in [1.29, 1.82) is 0 Å². The van der Waals surface area contributed by atoms with E-state index < -0.39 is 11.7 Å². The topological polar surface area (TPSA) is 68.5 Å². The number of hydrogen-bond acceptors (Lipinski definition) is 4. The predicted molar refractivity (Wildman–Crippen MR) is 66.8 cm³/mol. The van der Waals surface area contributed by atoms with E-state index in [9.17, 15) is 4.79 Å². The molecule has 94 valence electrons. The van der Waals surface area contributed by atoms with Crippen LogP contribution in [-0.2, 0) is 11.3 Å². The molecule has 1 rings (SSSR count). The highest BCUT2D eigenvalue weighted by Gasteiger charge is 2.21. The molecule has 0 atom stereocenters. The summed E-state index contributed by atoms with van der Waals surface area (Å²) in [6, 6.07) is 5.36.